The molecule has 0 unspecified atom stereocenters. The van der Waals surface area contributed by atoms with Crippen LogP contribution in [0.3, 0.4) is 0 Å². The number of hydrogen-bond acceptors (Lipinski definition) is 4. The molecule has 0 bridgehead atoms. The topological polar surface area (TPSA) is 56.8 Å². The minimum absolute atomic E-state index is 0.326. The normalized spacial score (nSPS) is 22.0. The molecule has 6 heteroatoms. The maximum atomic E-state index is 13.7. The lowest BCUT2D eigenvalue weighted by Crippen LogP contribution is -2.15. The third-order valence-electron chi connectivity index (χ3n) is 6.37. The van der Waals surface area contributed by atoms with Crippen LogP contribution in [0.2, 0.25) is 0 Å². The molecule has 5 nitrogen and oxygen atoms in total. The van der Waals surface area contributed by atoms with E-state index in [4.69, 9.17) is 0 Å². The number of pyridine rings is 1. The fourth-order valence-electron chi connectivity index (χ4n) is 4.42. The van der Waals surface area contributed by atoms with E-state index < -0.39 is 0 Å². The van der Waals surface area contributed by atoms with Gasteiger partial charge < -0.3 is 10.2 Å². The lowest BCUT2D eigenvalue weighted by molar-refractivity contribution is 0.537. The third kappa shape index (κ3) is 4.58. The van der Waals surface area contributed by atoms with Crippen LogP contribution in [0.1, 0.15) is 18.2 Å². The Morgan fingerprint density at radius 3 is 2.86 bits per heavy atom. The summed E-state index contributed by atoms with van der Waals surface area (Å²) in [7, 11) is 0. The summed E-state index contributed by atoms with van der Waals surface area (Å²) in [6.07, 6.45) is 24.6. The van der Waals surface area contributed by atoms with Crippen molar-refractivity contribution in [2.75, 3.05) is 13.1 Å². The van der Waals surface area contributed by atoms with Gasteiger partial charge >= 0.3 is 0 Å². The highest BCUT2D eigenvalue weighted by molar-refractivity contribution is 5.84. The minimum atomic E-state index is -0.326. The highest BCUT2D eigenvalue weighted by Crippen LogP contribution is 2.31. The highest BCUT2D eigenvalue weighted by Gasteiger charge is 2.20. The zero-order chi connectivity index (χ0) is 25.1. The molecule has 0 saturated carbocycles. The average molecular weight is 478 g/mol. The van der Waals surface area contributed by atoms with Gasteiger partial charge in [-0.2, -0.15) is 5.10 Å². The van der Waals surface area contributed by atoms with Gasteiger partial charge in [0.2, 0.25) is 0 Å². The second-order valence-corrected chi connectivity index (χ2v) is 8.69. The molecule has 0 amide bonds. The van der Waals surface area contributed by atoms with Crippen LogP contribution in [0.25, 0.3) is 17.0 Å². The summed E-state index contributed by atoms with van der Waals surface area (Å²) in [5, 5.41) is 10.8. The zero-order valence-electron chi connectivity index (χ0n) is 20.4. The zero-order valence-corrected chi connectivity index (χ0v) is 20.4. The second-order valence-electron chi connectivity index (χ2n) is 8.69. The number of allylic oxidation sites excluding steroid dienone is 15. The molecule has 0 aromatic carbocycles. The molecule has 2 aromatic heterocycles. The van der Waals surface area contributed by atoms with Crippen molar-refractivity contribution in [3.8, 4) is 11.4 Å². The fourth-order valence-corrected chi connectivity index (χ4v) is 4.42. The second kappa shape index (κ2) is 10.0. The van der Waals surface area contributed by atoms with Gasteiger partial charge in [-0.1, -0.05) is 55.2 Å². The molecule has 2 N–H and O–H groups in total. The van der Waals surface area contributed by atoms with Gasteiger partial charge in [0.05, 0.1) is 23.3 Å². The lowest BCUT2D eigenvalue weighted by Gasteiger charge is -2.17. The minimum Gasteiger partial charge on any atom is -0.369 e. The number of nitrogens with zero attached hydrogens (tertiary/aromatic N) is 3. The Balaban J connectivity index is 1.47. The van der Waals surface area contributed by atoms with E-state index in [1.165, 1.54) is 6.07 Å². The van der Waals surface area contributed by atoms with Crippen molar-refractivity contribution in [1.29, 1.82) is 0 Å². The van der Waals surface area contributed by atoms with Gasteiger partial charge in [0, 0.05) is 30.4 Å². The van der Waals surface area contributed by atoms with Crippen LogP contribution in [-0.4, -0.2) is 33.2 Å². The lowest BCUT2D eigenvalue weighted by atomic mass is 9.95. The summed E-state index contributed by atoms with van der Waals surface area (Å²) >= 11 is 0. The van der Waals surface area contributed by atoms with Crippen LogP contribution in [0.15, 0.2) is 120 Å². The van der Waals surface area contributed by atoms with E-state index in [1.54, 1.807) is 19.2 Å². The van der Waals surface area contributed by atoms with E-state index in [-0.39, 0.29) is 5.82 Å². The average Bonchev–Trinajstić information content (AvgIpc) is 3.50. The summed E-state index contributed by atoms with van der Waals surface area (Å²) < 4.78 is 13.7. The maximum absolute atomic E-state index is 13.7. The van der Waals surface area contributed by atoms with E-state index in [9.17, 15) is 4.39 Å². The molecule has 36 heavy (non-hydrogen) atoms. The van der Waals surface area contributed by atoms with Gasteiger partial charge in [-0.3, -0.25) is 5.10 Å². The van der Waals surface area contributed by atoms with Crippen molar-refractivity contribution in [2.45, 2.75) is 13.8 Å². The van der Waals surface area contributed by atoms with E-state index in [2.05, 4.69) is 81.6 Å². The first-order valence-corrected chi connectivity index (χ1v) is 12.0. The molecule has 1 aliphatic carbocycles. The largest absolute Gasteiger partial charge is 0.369 e. The van der Waals surface area contributed by atoms with Crippen molar-refractivity contribution < 1.29 is 4.39 Å². The van der Waals surface area contributed by atoms with Crippen LogP contribution in [0.4, 0.5) is 4.39 Å². The van der Waals surface area contributed by atoms with E-state index >= 15 is 0 Å². The van der Waals surface area contributed by atoms with Gasteiger partial charge in [-0.15, -0.1) is 0 Å². The number of hydrogen-bond donors (Lipinski definition) is 2. The molecule has 180 valence electrons. The Morgan fingerprint density at radius 1 is 1.14 bits per heavy atom. The van der Waals surface area contributed by atoms with Crippen LogP contribution in [0, 0.1) is 12.7 Å². The number of rotatable bonds is 4. The van der Waals surface area contributed by atoms with Gasteiger partial charge in [0.15, 0.2) is 0 Å². The van der Waals surface area contributed by atoms with Crippen molar-refractivity contribution >= 4 is 5.57 Å². The summed E-state index contributed by atoms with van der Waals surface area (Å²) in [5.74, 6) is 0.799. The van der Waals surface area contributed by atoms with Gasteiger partial charge in [-0.25, -0.2) is 9.37 Å². The summed E-state index contributed by atoms with van der Waals surface area (Å²) in [6.45, 7) is 9.91. The predicted molar refractivity (Wildman–Crippen MR) is 144 cm³/mol. The monoisotopic (exact) mass is 477 g/mol. The summed E-state index contributed by atoms with van der Waals surface area (Å²) in [6, 6.07) is 3.09. The van der Waals surface area contributed by atoms with E-state index in [0.29, 0.717) is 11.4 Å². The van der Waals surface area contributed by atoms with E-state index in [1.807, 2.05) is 24.3 Å². The number of nitrogens with one attached hydrogen (secondary N) is 2. The van der Waals surface area contributed by atoms with Crippen molar-refractivity contribution in [3.63, 3.8) is 0 Å². The molecule has 5 rings (SSSR count). The molecule has 0 atom stereocenters. The summed E-state index contributed by atoms with van der Waals surface area (Å²) in [5.41, 5.74) is 7.79. The quantitative estimate of drug-likeness (QED) is 0.562. The molecular weight excluding hydrogens is 449 g/mol. The van der Waals surface area contributed by atoms with Crippen molar-refractivity contribution in [2.24, 2.45) is 0 Å². The fraction of sp³-hybridized carbons (Fsp3) is 0.133. The first-order valence-electron chi connectivity index (χ1n) is 12.0. The Labute approximate surface area is 210 Å². The Morgan fingerprint density at radius 2 is 2.03 bits per heavy atom. The Hall–Kier alpha value is -4.45. The molecule has 2 aliphatic heterocycles. The van der Waals surface area contributed by atoms with Gasteiger partial charge in [-0.05, 0) is 60.4 Å². The van der Waals surface area contributed by atoms with Crippen LogP contribution in [-0.2, 0) is 0 Å². The highest BCUT2D eigenvalue weighted by atomic mass is 19.1. The molecular formula is C30H28FN5. The molecule has 3 aliphatic rings. The molecule has 2 aromatic rings. The Kier molecular flexibility index (Phi) is 6.50. The van der Waals surface area contributed by atoms with Crippen LogP contribution < -0.4 is 5.32 Å². The molecule has 4 heterocycles. The number of aromatic amines is 1. The molecule has 0 spiro atoms. The molecule has 1 saturated heterocycles. The Bertz CT molecular complexity index is 1460. The first kappa shape index (κ1) is 23.3. The number of aryl methyl sites for hydroxylation is 1. The smallest absolute Gasteiger partial charge is 0.144 e. The van der Waals surface area contributed by atoms with Crippen LogP contribution in [0.5, 0.6) is 0 Å². The first-order chi connectivity index (χ1) is 17.5. The van der Waals surface area contributed by atoms with Crippen molar-refractivity contribution in [3.05, 3.63) is 137 Å². The number of aromatic nitrogens is 3. The van der Waals surface area contributed by atoms with Gasteiger partial charge in [0.25, 0.3) is 0 Å². The third-order valence-corrected chi connectivity index (χ3v) is 6.37. The van der Waals surface area contributed by atoms with Crippen molar-refractivity contribution in [1.82, 2.24) is 25.4 Å². The molecule has 0 radical (unpaired) electrons. The van der Waals surface area contributed by atoms with Gasteiger partial charge in [0.1, 0.15) is 11.6 Å². The molecule has 1 fully saturated rings. The van der Waals surface area contributed by atoms with E-state index in [0.717, 1.165) is 58.0 Å². The van der Waals surface area contributed by atoms with Crippen LogP contribution >= 0.6 is 0 Å². The SMILES string of the molecule is C=C1\C=C/C(c2cn[nH]c2-c2ccc(F)c(C)n2)=C/C=C/C1=C/C(=C\C)C1=C2NCCN2C=CC=C1. The predicted octanol–water partition coefficient (Wildman–Crippen LogP) is 6.06. The number of fused-ring (bicyclic) bond motifs is 1. The maximum Gasteiger partial charge on any atom is 0.144 e. The number of H-pyrrole nitrogens is 1. The standard InChI is InChI=1S/C30H28FN5/c1-4-22(25-10-5-6-16-36-17-15-32-30(25)36)18-24-9-7-8-23(12-11-20(24)2)26-19-33-35-29(26)28-14-13-27(31)21(3)34-28/h4-14,16,18-19,32H,2,15,17H2,1,3H3,(H,33,35)/b9-7+,12-11-,22-4+,23-8-,24-18-. The number of halogens is 1. The summed E-state index contributed by atoms with van der Waals surface area (Å²) in [4.78, 5) is 6.63.